The highest BCUT2D eigenvalue weighted by molar-refractivity contribution is 4.81. The predicted octanol–water partition coefficient (Wildman–Crippen LogP) is 10.4. The van der Waals surface area contributed by atoms with Crippen LogP contribution in [0.4, 0.5) is 0 Å². The first-order valence-electron chi connectivity index (χ1n) is 18.6. The van der Waals surface area contributed by atoms with E-state index in [2.05, 4.69) is 40.1 Å². The molecule has 0 radical (unpaired) electrons. The van der Waals surface area contributed by atoms with Gasteiger partial charge in [-0.05, 0) is 51.4 Å². The lowest BCUT2D eigenvalue weighted by Crippen LogP contribution is -3.00. The van der Waals surface area contributed by atoms with Crippen molar-refractivity contribution in [3.8, 4) is 0 Å². The van der Waals surface area contributed by atoms with Gasteiger partial charge in [0, 0.05) is 0 Å². The van der Waals surface area contributed by atoms with Crippen LogP contribution in [0.2, 0.25) is 0 Å². The van der Waals surface area contributed by atoms with Crippen LogP contribution in [0, 0.1) is 0 Å². The molecular formula is C38H78ClN. The molecule has 0 bridgehead atoms. The fourth-order valence-electron chi connectivity index (χ4n) is 5.99. The molecule has 0 N–H and O–H groups in total. The highest BCUT2D eigenvalue weighted by Gasteiger charge is 2.13. The Labute approximate surface area is 262 Å². The first kappa shape index (κ1) is 42.1. The molecule has 0 aromatic rings. The van der Waals surface area contributed by atoms with Gasteiger partial charge in [-0.15, -0.1) is 0 Å². The zero-order valence-corrected chi connectivity index (χ0v) is 29.4. The third-order valence-corrected chi connectivity index (χ3v) is 8.89. The summed E-state index contributed by atoms with van der Waals surface area (Å²) in [4.78, 5) is 0. The van der Waals surface area contributed by atoms with Crippen LogP contribution in [0.1, 0.15) is 206 Å². The van der Waals surface area contributed by atoms with Gasteiger partial charge in [-0.2, -0.15) is 0 Å². The second-order valence-corrected chi connectivity index (χ2v) is 13.6. The van der Waals surface area contributed by atoms with Gasteiger partial charge in [-0.1, -0.05) is 167 Å². The van der Waals surface area contributed by atoms with Crippen molar-refractivity contribution in [2.24, 2.45) is 0 Å². The third kappa shape index (κ3) is 36.0. The normalized spacial score (nSPS) is 11.9. The highest BCUT2D eigenvalue weighted by atomic mass is 35.5. The van der Waals surface area contributed by atoms with Crippen LogP contribution >= 0.6 is 0 Å². The molecule has 1 nitrogen and oxygen atoms in total. The molecule has 0 aromatic carbocycles. The van der Waals surface area contributed by atoms with Crippen molar-refractivity contribution in [2.45, 2.75) is 206 Å². The van der Waals surface area contributed by atoms with Crippen molar-refractivity contribution >= 4 is 0 Å². The fourth-order valence-corrected chi connectivity index (χ4v) is 5.99. The van der Waals surface area contributed by atoms with Gasteiger partial charge in [-0.25, -0.2) is 0 Å². The van der Waals surface area contributed by atoms with E-state index in [1.807, 2.05) is 0 Å². The predicted molar refractivity (Wildman–Crippen MR) is 181 cm³/mol. The third-order valence-electron chi connectivity index (χ3n) is 8.89. The molecule has 0 saturated carbocycles. The zero-order valence-electron chi connectivity index (χ0n) is 28.6. The Morgan fingerprint density at radius 2 is 0.550 bits per heavy atom. The number of unbranched alkanes of at least 4 members (excludes halogenated alkanes) is 27. The van der Waals surface area contributed by atoms with E-state index < -0.39 is 0 Å². The minimum atomic E-state index is 0. The van der Waals surface area contributed by atoms with E-state index in [-0.39, 0.29) is 12.4 Å². The van der Waals surface area contributed by atoms with Crippen molar-refractivity contribution in [1.82, 2.24) is 0 Å². The molecule has 242 valence electrons. The minimum absolute atomic E-state index is 0. The second kappa shape index (κ2) is 35.2. The quantitative estimate of drug-likeness (QED) is 0.0409. The van der Waals surface area contributed by atoms with E-state index in [9.17, 15) is 0 Å². The van der Waals surface area contributed by atoms with Crippen molar-refractivity contribution < 1.29 is 16.9 Å². The monoisotopic (exact) mass is 584 g/mol. The lowest BCUT2D eigenvalue weighted by molar-refractivity contribution is -0.890. The molecule has 0 unspecified atom stereocenters. The summed E-state index contributed by atoms with van der Waals surface area (Å²) in [5.74, 6) is 0. The highest BCUT2D eigenvalue weighted by Crippen LogP contribution is 2.15. The molecular weight excluding hydrogens is 506 g/mol. The topological polar surface area (TPSA) is 0 Å². The van der Waals surface area contributed by atoms with E-state index in [1.165, 1.54) is 210 Å². The van der Waals surface area contributed by atoms with Gasteiger partial charge in [0.05, 0.1) is 27.2 Å². The largest absolute Gasteiger partial charge is 1.00 e. The average Bonchev–Trinajstić information content (AvgIpc) is 2.92. The van der Waals surface area contributed by atoms with E-state index >= 15 is 0 Å². The molecule has 0 fully saturated rings. The molecule has 0 spiro atoms. The molecule has 0 rings (SSSR count). The molecule has 0 aromatic heterocycles. The maximum atomic E-state index is 2.46. The van der Waals surface area contributed by atoms with Crippen molar-refractivity contribution in [3.63, 3.8) is 0 Å². The summed E-state index contributed by atoms with van der Waals surface area (Å²) in [5, 5.41) is 0. The lowest BCUT2D eigenvalue weighted by Gasteiger charge is -2.30. The molecule has 0 amide bonds. The van der Waals surface area contributed by atoms with Crippen LogP contribution in [-0.4, -0.2) is 31.7 Å². The molecule has 0 heterocycles. The van der Waals surface area contributed by atoms with Crippen molar-refractivity contribution in [3.05, 3.63) is 12.2 Å². The van der Waals surface area contributed by atoms with Gasteiger partial charge in [0.1, 0.15) is 0 Å². The Hall–Kier alpha value is -0.0100. The van der Waals surface area contributed by atoms with Gasteiger partial charge in [-0.3, -0.25) is 0 Å². The average molecular weight is 585 g/mol. The Bertz CT molecular complexity index is 472. The molecule has 0 aliphatic heterocycles. The summed E-state index contributed by atoms with van der Waals surface area (Å²) in [6.07, 6.45) is 48.0. The van der Waals surface area contributed by atoms with E-state index in [1.54, 1.807) is 0 Å². The number of rotatable bonds is 33. The standard InChI is InChI=1S/C38H78N.ClH/c1-5-7-9-11-13-15-17-19-21-23-25-27-29-31-33-35-37-39(3,4)38-36-34-32-30-28-26-24-22-20-18-16-14-12-10-8-6-2;/h19,21H,5-18,20,22-38H2,1-4H3;1H/q+1;/p-1/b21-19-;. The van der Waals surface area contributed by atoms with Crippen LogP contribution < -0.4 is 12.4 Å². The number of nitrogens with zero attached hydrogens (tertiary/aromatic N) is 1. The summed E-state index contributed by atoms with van der Waals surface area (Å²) in [6.45, 7) is 7.36. The minimum Gasteiger partial charge on any atom is -1.00 e. The van der Waals surface area contributed by atoms with Crippen LogP contribution in [0.3, 0.4) is 0 Å². The first-order valence-corrected chi connectivity index (χ1v) is 18.6. The zero-order chi connectivity index (χ0) is 28.5. The van der Waals surface area contributed by atoms with E-state index in [4.69, 9.17) is 0 Å². The molecule has 0 atom stereocenters. The molecule has 0 aliphatic carbocycles. The summed E-state index contributed by atoms with van der Waals surface area (Å²) in [5.41, 5.74) is 0. The van der Waals surface area contributed by atoms with Gasteiger partial charge >= 0.3 is 0 Å². The van der Waals surface area contributed by atoms with Crippen LogP contribution in [0.25, 0.3) is 0 Å². The summed E-state index contributed by atoms with van der Waals surface area (Å²) in [7, 11) is 4.92. The SMILES string of the molecule is CCCCCCCC/C=C\CCCCCCCC[N+](C)(C)CCCCCCCCCCCCCCCCCC.[Cl-]. The number of hydrogen-bond donors (Lipinski definition) is 0. The Morgan fingerprint density at radius 3 is 0.825 bits per heavy atom. The van der Waals surface area contributed by atoms with Gasteiger partial charge in [0.15, 0.2) is 0 Å². The Balaban J connectivity index is 0. The number of quaternary nitrogens is 1. The summed E-state index contributed by atoms with van der Waals surface area (Å²) in [6, 6.07) is 0. The van der Waals surface area contributed by atoms with Crippen molar-refractivity contribution in [2.75, 3.05) is 27.2 Å². The van der Waals surface area contributed by atoms with Gasteiger partial charge < -0.3 is 16.9 Å². The molecule has 0 saturated heterocycles. The number of allylic oxidation sites excluding steroid dienone is 2. The number of hydrogen-bond acceptors (Lipinski definition) is 0. The van der Waals surface area contributed by atoms with E-state index in [0.29, 0.717) is 0 Å². The summed E-state index contributed by atoms with van der Waals surface area (Å²) < 4.78 is 1.24. The smallest absolute Gasteiger partial charge is 0.0782 e. The first-order chi connectivity index (χ1) is 19.1. The molecule has 40 heavy (non-hydrogen) atoms. The van der Waals surface area contributed by atoms with E-state index in [0.717, 1.165) is 0 Å². The summed E-state index contributed by atoms with van der Waals surface area (Å²) >= 11 is 0. The maximum absolute atomic E-state index is 2.46. The Morgan fingerprint density at radius 1 is 0.325 bits per heavy atom. The maximum Gasteiger partial charge on any atom is 0.0782 e. The van der Waals surface area contributed by atoms with Crippen LogP contribution in [0.5, 0.6) is 0 Å². The van der Waals surface area contributed by atoms with Crippen LogP contribution in [0.15, 0.2) is 12.2 Å². The molecule has 0 aliphatic rings. The van der Waals surface area contributed by atoms with Gasteiger partial charge in [0.2, 0.25) is 0 Å². The molecule has 2 heteroatoms. The fraction of sp³-hybridized carbons (Fsp3) is 0.947. The van der Waals surface area contributed by atoms with Crippen LogP contribution in [-0.2, 0) is 0 Å². The lowest BCUT2D eigenvalue weighted by atomic mass is 10.0. The number of halogens is 1. The Kier molecular flexibility index (Phi) is 37.1. The second-order valence-electron chi connectivity index (χ2n) is 13.6. The van der Waals surface area contributed by atoms with Gasteiger partial charge in [0.25, 0.3) is 0 Å². The van der Waals surface area contributed by atoms with Crippen molar-refractivity contribution in [1.29, 1.82) is 0 Å².